The molecule has 1 fully saturated rings. The van der Waals surface area contributed by atoms with Gasteiger partial charge in [0.05, 0.1) is 6.67 Å². The summed E-state index contributed by atoms with van der Waals surface area (Å²) in [4.78, 5) is 2.34. The van der Waals surface area contributed by atoms with Crippen molar-refractivity contribution >= 4 is 10.8 Å². The molecule has 0 saturated carbocycles. The number of phenols is 1. The number of rotatable bonds is 4. The van der Waals surface area contributed by atoms with Crippen LogP contribution in [0.3, 0.4) is 0 Å². The summed E-state index contributed by atoms with van der Waals surface area (Å²) in [6, 6.07) is 11.6. The lowest BCUT2D eigenvalue weighted by molar-refractivity contribution is 0.158. The minimum absolute atomic E-state index is 0.0719. The van der Waals surface area contributed by atoms with Crippen LogP contribution in [0.15, 0.2) is 36.4 Å². The van der Waals surface area contributed by atoms with Gasteiger partial charge >= 0.3 is 0 Å². The number of benzene rings is 2. The van der Waals surface area contributed by atoms with Crippen LogP contribution in [-0.2, 0) is 0 Å². The summed E-state index contributed by atoms with van der Waals surface area (Å²) in [7, 11) is 0. The Hall–Kier alpha value is -1.65. The summed E-state index contributed by atoms with van der Waals surface area (Å²) in [5.41, 5.74) is 1.11. The first-order valence-electron chi connectivity index (χ1n) is 7.52. The first kappa shape index (κ1) is 14.3. The van der Waals surface area contributed by atoms with Crippen LogP contribution in [0.1, 0.15) is 18.0 Å². The van der Waals surface area contributed by atoms with E-state index in [-0.39, 0.29) is 18.5 Å². The van der Waals surface area contributed by atoms with Crippen LogP contribution in [0.5, 0.6) is 5.75 Å². The Balaban J connectivity index is 2.04. The fraction of sp³-hybridized carbons (Fsp3) is 0.412. The maximum Gasteiger partial charge on any atom is 0.123 e. The van der Waals surface area contributed by atoms with Gasteiger partial charge in [0, 0.05) is 37.6 Å². The molecule has 0 aromatic heterocycles. The third-order valence-corrected chi connectivity index (χ3v) is 4.27. The van der Waals surface area contributed by atoms with E-state index in [1.54, 1.807) is 6.07 Å². The van der Waals surface area contributed by atoms with E-state index in [1.165, 1.54) is 0 Å². The van der Waals surface area contributed by atoms with Crippen LogP contribution in [0.25, 0.3) is 10.8 Å². The van der Waals surface area contributed by atoms with E-state index in [4.69, 9.17) is 0 Å². The lowest BCUT2D eigenvalue weighted by atomic mass is 9.95. The topological polar surface area (TPSA) is 35.5 Å². The van der Waals surface area contributed by atoms with Crippen molar-refractivity contribution in [3.8, 4) is 5.75 Å². The molecule has 21 heavy (non-hydrogen) atoms. The number of hydrogen-bond acceptors (Lipinski definition) is 3. The van der Waals surface area contributed by atoms with Crippen LogP contribution in [0.4, 0.5) is 4.39 Å². The smallest absolute Gasteiger partial charge is 0.123 e. The fourth-order valence-corrected chi connectivity index (χ4v) is 3.23. The molecule has 1 aliphatic rings. The molecule has 112 valence electrons. The second-order valence-corrected chi connectivity index (χ2v) is 5.50. The van der Waals surface area contributed by atoms with Crippen LogP contribution in [0, 0.1) is 0 Å². The van der Waals surface area contributed by atoms with Crippen molar-refractivity contribution in [1.29, 1.82) is 0 Å². The predicted octanol–water partition coefficient (Wildman–Crippen LogP) is 2.85. The monoisotopic (exact) mass is 288 g/mol. The SMILES string of the molecule is Oc1ccc([C@H](CCF)N2CCNCC2)c2ccccc12. The van der Waals surface area contributed by atoms with Gasteiger partial charge in [-0.1, -0.05) is 30.3 Å². The third kappa shape index (κ3) is 2.87. The quantitative estimate of drug-likeness (QED) is 0.908. The van der Waals surface area contributed by atoms with Crippen molar-refractivity contribution in [1.82, 2.24) is 10.2 Å². The zero-order valence-electron chi connectivity index (χ0n) is 12.1. The number of hydrogen-bond donors (Lipinski definition) is 2. The van der Waals surface area contributed by atoms with Gasteiger partial charge in [-0.3, -0.25) is 9.29 Å². The maximum absolute atomic E-state index is 13.1. The van der Waals surface area contributed by atoms with Crippen LogP contribution >= 0.6 is 0 Å². The van der Waals surface area contributed by atoms with Crippen LogP contribution < -0.4 is 5.32 Å². The van der Waals surface area contributed by atoms with Crippen molar-refractivity contribution in [2.75, 3.05) is 32.9 Å². The zero-order valence-corrected chi connectivity index (χ0v) is 12.1. The summed E-state index contributed by atoms with van der Waals surface area (Å²) in [6.07, 6.45) is 0.495. The molecule has 0 radical (unpaired) electrons. The largest absolute Gasteiger partial charge is 0.507 e. The van der Waals surface area contributed by atoms with Crippen molar-refractivity contribution in [3.05, 3.63) is 42.0 Å². The van der Waals surface area contributed by atoms with Gasteiger partial charge in [-0.25, -0.2) is 0 Å². The number of phenolic OH excluding ortho intramolecular Hbond substituents is 1. The first-order valence-corrected chi connectivity index (χ1v) is 7.52. The summed E-state index contributed by atoms with van der Waals surface area (Å²) < 4.78 is 13.1. The Bertz CT molecular complexity index is 611. The van der Waals surface area contributed by atoms with Gasteiger partial charge in [-0.15, -0.1) is 0 Å². The predicted molar refractivity (Wildman–Crippen MR) is 83.4 cm³/mol. The average Bonchev–Trinajstić information content (AvgIpc) is 2.55. The number of halogens is 1. The summed E-state index contributed by atoms with van der Waals surface area (Å²) >= 11 is 0. The van der Waals surface area contributed by atoms with Gasteiger partial charge in [-0.05, 0) is 23.4 Å². The normalized spacial score (nSPS) is 18.0. The van der Waals surface area contributed by atoms with E-state index in [0.29, 0.717) is 6.42 Å². The highest BCUT2D eigenvalue weighted by Gasteiger charge is 2.23. The average molecular weight is 288 g/mol. The van der Waals surface area contributed by atoms with Crippen molar-refractivity contribution in [3.63, 3.8) is 0 Å². The van der Waals surface area contributed by atoms with E-state index in [1.807, 2.05) is 30.3 Å². The highest BCUT2D eigenvalue weighted by Crippen LogP contribution is 2.34. The summed E-state index contributed by atoms with van der Waals surface area (Å²) in [5.74, 6) is 0.286. The van der Waals surface area contributed by atoms with Gasteiger partial charge in [0.2, 0.25) is 0 Å². The number of piperazine rings is 1. The minimum Gasteiger partial charge on any atom is -0.507 e. The maximum atomic E-state index is 13.1. The Morgan fingerprint density at radius 3 is 2.52 bits per heavy atom. The molecule has 0 bridgehead atoms. The van der Waals surface area contributed by atoms with Gasteiger partial charge in [0.25, 0.3) is 0 Å². The molecule has 1 aliphatic heterocycles. The third-order valence-electron chi connectivity index (χ3n) is 4.27. The standard InChI is InChI=1S/C17H21FN2O/c18-8-7-16(20-11-9-19-10-12-20)14-5-6-17(21)15-4-2-1-3-13(14)15/h1-6,16,19,21H,7-12H2/t16-/m0/s1. The zero-order chi connectivity index (χ0) is 14.7. The molecule has 1 saturated heterocycles. The van der Waals surface area contributed by atoms with Gasteiger partial charge in [0.1, 0.15) is 5.75 Å². The van der Waals surface area contributed by atoms with E-state index in [0.717, 1.165) is 42.5 Å². The molecule has 2 aromatic rings. The Morgan fingerprint density at radius 1 is 1.10 bits per heavy atom. The molecule has 1 heterocycles. The molecule has 0 unspecified atom stereocenters. The number of alkyl halides is 1. The minimum atomic E-state index is -0.330. The number of nitrogens with zero attached hydrogens (tertiary/aromatic N) is 1. The molecule has 3 nitrogen and oxygen atoms in total. The van der Waals surface area contributed by atoms with Gasteiger partial charge in [0.15, 0.2) is 0 Å². The Labute approximate surface area is 124 Å². The molecule has 4 heteroatoms. The molecular weight excluding hydrogens is 267 g/mol. The highest BCUT2D eigenvalue weighted by molar-refractivity contribution is 5.91. The fourth-order valence-electron chi connectivity index (χ4n) is 3.23. The van der Waals surface area contributed by atoms with Crippen LogP contribution in [0.2, 0.25) is 0 Å². The van der Waals surface area contributed by atoms with E-state index in [9.17, 15) is 9.50 Å². The number of aromatic hydroxyl groups is 1. The second kappa shape index (κ2) is 6.41. The van der Waals surface area contributed by atoms with Crippen LogP contribution in [-0.4, -0.2) is 42.9 Å². The van der Waals surface area contributed by atoms with Gasteiger partial charge < -0.3 is 10.4 Å². The molecule has 2 N–H and O–H groups in total. The van der Waals surface area contributed by atoms with Gasteiger partial charge in [-0.2, -0.15) is 0 Å². The lowest BCUT2D eigenvalue weighted by Gasteiger charge is -2.35. The molecule has 0 amide bonds. The Morgan fingerprint density at radius 2 is 1.81 bits per heavy atom. The number of fused-ring (bicyclic) bond motifs is 1. The van der Waals surface area contributed by atoms with E-state index < -0.39 is 0 Å². The van der Waals surface area contributed by atoms with Crippen molar-refractivity contribution < 1.29 is 9.50 Å². The molecule has 2 aromatic carbocycles. The molecule has 0 spiro atoms. The molecular formula is C17H21FN2O. The van der Waals surface area contributed by atoms with Crippen molar-refractivity contribution in [2.45, 2.75) is 12.5 Å². The number of nitrogens with one attached hydrogen (secondary N) is 1. The lowest BCUT2D eigenvalue weighted by Crippen LogP contribution is -2.45. The summed E-state index contributed by atoms with van der Waals surface area (Å²) in [6.45, 7) is 3.42. The molecule has 1 atom stereocenters. The second-order valence-electron chi connectivity index (χ2n) is 5.50. The van der Waals surface area contributed by atoms with E-state index >= 15 is 0 Å². The molecule has 3 rings (SSSR count). The van der Waals surface area contributed by atoms with E-state index in [2.05, 4.69) is 10.2 Å². The Kier molecular flexibility index (Phi) is 4.36. The summed E-state index contributed by atoms with van der Waals surface area (Å²) in [5, 5.41) is 15.2. The molecule has 0 aliphatic carbocycles. The first-order chi connectivity index (χ1) is 10.3. The van der Waals surface area contributed by atoms with Crippen molar-refractivity contribution in [2.24, 2.45) is 0 Å². The highest BCUT2D eigenvalue weighted by atomic mass is 19.1.